The largest absolute Gasteiger partial charge is 0.392 e. The van der Waals surface area contributed by atoms with Crippen molar-refractivity contribution >= 4 is 9.84 Å². The lowest BCUT2D eigenvalue weighted by molar-refractivity contribution is 0.189. The number of rotatable bonds is 4. The maximum atomic E-state index is 10.6. The van der Waals surface area contributed by atoms with Crippen molar-refractivity contribution in [1.82, 2.24) is 0 Å². The standard InChI is InChI=1S/C7H12O3S/c1-3-4-5-7(8)6-11(2,9)10/h1,7-8H,4-6H2,2H3. The normalized spacial score (nSPS) is 13.9. The summed E-state index contributed by atoms with van der Waals surface area (Å²) in [6.07, 6.45) is 5.97. The topological polar surface area (TPSA) is 54.4 Å². The van der Waals surface area contributed by atoms with E-state index in [2.05, 4.69) is 5.92 Å². The molecule has 0 heterocycles. The fraction of sp³-hybridized carbons (Fsp3) is 0.714. The molecule has 0 radical (unpaired) electrons. The summed E-state index contributed by atoms with van der Waals surface area (Å²) in [4.78, 5) is 0. The number of aliphatic hydroxyl groups excluding tert-OH is 1. The van der Waals surface area contributed by atoms with Gasteiger partial charge in [0.15, 0.2) is 0 Å². The van der Waals surface area contributed by atoms with E-state index in [4.69, 9.17) is 11.5 Å². The van der Waals surface area contributed by atoms with Crippen molar-refractivity contribution in [2.24, 2.45) is 0 Å². The molecule has 1 N–H and O–H groups in total. The summed E-state index contributed by atoms with van der Waals surface area (Å²) in [5.41, 5.74) is 0. The first-order valence-electron chi connectivity index (χ1n) is 3.25. The lowest BCUT2D eigenvalue weighted by Gasteiger charge is -2.05. The van der Waals surface area contributed by atoms with E-state index in [-0.39, 0.29) is 5.75 Å². The van der Waals surface area contributed by atoms with E-state index in [1.165, 1.54) is 0 Å². The van der Waals surface area contributed by atoms with Crippen LogP contribution in [-0.4, -0.2) is 31.6 Å². The molecule has 11 heavy (non-hydrogen) atoms. The van der Waals surface area contributed by atoms with Crippen LogP contribution in [0.1, 0.15) is 12.8 Å². The fourth-order valence-electron chi connectivity index (χ4n) is 0.683. The van der Waals surface area contributed by atoms with Crippen molar-refractivity contribution < 1.29 is 13.5 Å². The second-order valence-electron chi connectivity index (χ2n) is 2.49. The molecule has 0 bridgehead atoms. The number of aliphatic hydroxyl groups is 1. The van der Waals surface area contributed by atoms with Gasteiger partial charge in [-0.1, -0.05) is 0 Å². The molecule has 1 atom stereocenters. The molecular formula is C7H12O3S. The van der Waals surface area contributed by atoms with Gasteiger partial charge in [-0.3, -0.25) is 0 Å². The Morgan fingerprint density at radius 1 is 1.64 bits per heavy atom. The van der Waals surface area contributed by atoms with Gasteiger partial charge in [-0.2, -0.15) is 0 Å². The lowest BCUT2D eigenvalue weighted by Crippen LogP contribution is -2.19. The van der Waals surface area contributed by atoms with Gasteiger partial charge in [0.1, 0.15) is 9.84 Å². The molecule has 0 saturated heterocycles. The Bertz CT molecular complexity index is 235. The van der Waals surface area contributed by atoms with Gasteiger partial charge < -0.3 is 5.11 Å². The Morgan fingerprint density at radius 3 is 2.55 bits per heavy atom. The zero-order valence-corrected chi connectivity index (χ0v) is 7.26. The molecule has 0 rings (SSSR count). The number of hydrogen-bond acceptors (Lipinski definition) is 3. The van der Waals surface area contributed by atoms with Gasteiger partial charge in [0, 0.05) is 12.7 Å². The number of terminal acetylenes is 1. The quantitative estimate of drug-likeness (QED) is 0.604. The molecule has 4 heteroatoms. The van der Waals surface area contributed by atoms with Gasteiger partial charge in [-0.25, -0.2) is 8.42 Å². The summed E-state index contributed by atoms with van der Waals surface area (Å²) in [6.45, 7) is 0. The zero-order valence-electron chi connectivity index (χ0n) is 6.45. The summed E-state index contributed by atoms with van der Waals surface area (Å²) < 4.78 is 21.2. The average molecular weight is 176 g/mol. The van der Waals surface area contributed by atoms with E-state index < -0.39 is 15.9 Å². The maximum absolute atomic E-state index is 10.6. The van der Waals surface area contributed by atoms with Crippen LogP contribution in [0.25, 0.3) is 0 Å². The van der Waals surface area contributed by atoms with Crippen LogP contribution in [0.3, 0.4) is 0 Å². The van der Waals surface area contributed by atoms with Crippen LogP contribution in [0.15, 0.2) is 0 Å². The van der Waals surface area contributed by atoms with Crippen molar-refractivity contribution in [3.8, 4) is 12.3 Å². The van der Waals surface area contributed by atoms with Crippen LogP contribution in [-0.2, 0) is 9.84 Å². The highest BCUT2D eigenvalue weighted by Gasteiger charge is 2.10. The molecule has 0 aliphatic rings. The van der Waals surface area contributed by atoms with Gasteiger partial charge in [0.05, 0.1) is 11.9 Å². The molecule has 0 aromatic rings. The summed E-state index contributed by atoms with van der Waals surface area (Å²) in [7, 11) is -3.07. The van der Waals surface area contributed by atoms with Crippen LogP contribution >= 0.6 is 0 Å². The van der Waals surface area contributed by atoms with E-state index in [1.54, 1.807) is 0 Å². The zero-order chi connectivity index (χ0) is 8.91. The van der Waals surface area contributed by atoms with Crippen LogP contribution in [0, 0.1) is 12.3 Å². The molecule has 0 aliphatic carbocycles. The number of sulfone groups is 1. The molecule has 0 aromatic carbocycles. The first-order chi connectivity index (χ1) is 4.95. The van der Waals surface area contributed by atoms with Crippen LogP contribution in [0.2, 0.25) is 0 Å². The molecule has 0 aliphatic heterocycles. The molecule has 0 fully saturated rings. The Labute approximate surface area is 67.3 Å². The third-order valence-corrected chi connectivity index (χ3v) is 2.11. The minimum absolute atomic E-state index is 0.200. The highest BCUT2D eigenvalue weighted by molar-refractivity contribution is 7.90. The molecule has 0 spiro atoms. The molecule has 64 valence electrons. The second kappa shape index (κ2) is 4.37. The number of hydrogen-bond donors (Lipinski definition) is 1. The predicted octanol–water partition coefficient (Wildman–Crippen LogP) is -0.195. The van der Waals surface area contributed by atoms with E-state index >= 15 is 0 Å². The predicted molar refractivity (Wildman–Crippen MR) is 43.8 cm³/mol. The molecule has 0 aromatic heterocycles. The van der Waals surface area contributed by atoms with E-state index in [1.807, 2.05) is 0 Å². The molecule has 1 unspecified atom stereocenters. The summed E-state index contributed by atoms with van der Waals surface area (Å²) >= 11 is 0. The van der Waals surface area contributed by atoms with Crippen molar-refractivity contribution in [3.63, 3.8) is 0 Å². The molecular weight excluding hydrogens is 164 g/mol. The highest BCUT2D eigenvalue weighted by atomic mass is 32.2. The van der Waals surface area contributed by atoms with Gasteiger partial charge in [-0.05, 0) is 6.42 Å². The Kier molecular flexibility index (Phi) is 4.16. The first-order valence-corrected chi connectivity index (χ1v) is 5.31. The van der Waals surface area contributed by atoms with Crippen molar-refractivity contribution in [2.45, 2.75) is 18.9 Å². The van der Waals surface area contributed by atoms with Crippen LogP contribution in [0.5, 0.6) is 0 Å². The monoisotopic (exact) mass is 176 g/mol. The highest BCUT2D eigenvalue weighted by Crippen LogP contribution is 1.98. The van der Waals surface area contributed by atoms with Gasteiger partial charge in [0.25, 0.3) is 0 Å². The minimum Gasteiger partial charge on any atom is -0.392 e. The average Bonchev–Trinajstić information content (AvgIpc) is 1.79. The van der Waals surface area contributed by atoms with Crippen molar-refractivity contribution in [2.75, 3.05) is 12.0 Å². The summed E-state index contributed by atoms with van der Waals surface area (Å²) in [5.74, 6) is 2.13. The Balaban J connectivity index is 3.72. The van der Waals surface area contributed by atoms with E-state index in [0.29, 0.717) is 12.8 Å². The smallest absolute Gasteiger partial charge is 0.149 e. The van der Waals surface area contributed by atoms with E-state index in [0.717, 1.165) is 6.26 Å². The molecule has 3 nitrogen and oxygen atoms in total. The molecule has 0 amide bonds. The third kappa shape index (κ3) is 7.37. The third-order valence-electron chi connectivity index (χ3n) is 1.12. The lowest BCUT2D eigenvalue weighted by atomic mass is 10.2. The first kappa shape index (κ1) is 10.5. The van der Waals surface area contributed by atoms with Crippen molar-refractivity contribution in [1.29, 1.82) is 0 Å². The van der Waals surface area contributed by atoms with Crippen LogP contribution in [0.4, 0.5) is 0 Å². The second-order valence-corrected chi connectivity index (χ2v) is 4.67. The SMILES string of the molecule is C#CCCC(O)CS(C)(=O)=O. The summed E-state index contributed by atoms with van der Waals surface area (Å²) in [5, 5.41) is 9.04. The van der Waals surface area contributed by atoms with Crippen LogP contribution < -0.4 is 0 Å². The van der Waals surface area contributed by atoms with Crippen molar-refractivity contribution in [3.05, 3.63) is 0 Å². The van der Waals surface area contributed by atoms with E-state index in [9.17, 15) is 8.42 Å². The Morgan fingerprint density at radius 2 is 2.18 bits per heavy atom. The fourth-order valence-corrected chi connectivity index (χ4v) is 1.55. The van der Waals surface area contributed by atoms with Gasteiger partial charge >= 0.3 is 0 Å². The maximum Gasteiger partial charge on any atom is 0.149 e. The minimum atomic E-state index is -3.07. The van der Waals surface area contributed by atoms with Gasteiger partial charge in [-0.15, -0.1) is 12.3 Å². The Hall–Kier alpha value is -0.530. The summed E-state index contributed by atoms with van der Waals surface area (Å²) in [6, 6.07) is 0. The molecule has 0 saturated carbocycles. The van der Waals surface area contributed by atoms with Gasteiger partial charge in [0.2, 0.25) is 0 Å².